The van der Waals surface area contributed by atoms with Crippen LogP contribution in [-0.2, 0) is 0 Å². The van der Waals surface area contributed by atoms with Gasteiger partial charge in [-0.1, -0.05) is 29.4 Å². The van der Waals surface area contributed by atoms with Gasteiger partial charge in [0.05, 0.1) is 5.69 Å². The highest BCUT2D eigenvalue weighted by Crippen LogP contribution is 2.23. The number of benzene rings is 2. The highest BCUT2D eigenvalue weighted by molar-refractivity contribution is 7.80. The van der Waals surface area contributed by atoms with Gasteiger partial charge in [-0.25, -0.2) is 0 Å². The number of carbonyl (C=O) groups is 1. The number of anilines is 1. The minimum Gasteiger partial charge on any atom is -0.457 e. The van der Waals surface area contributed by atoms with Gasteiger partial charge in [-0.05, 0) is 43.4 Å². The minimum absolute atomic E-state index is 0.169. The van der Waals surface area contributed by atoms with Gasteiger partial charge >= 0.3 is 0 Å². The minimum atomic E-state index is -0.382. The van der Waals surface area contributed by atoms with Crippen molar-refractivity contribution in [2.45, 2.75) is 6.92 Å². The molecule has 0 aliphatic carbocycles. The van der Waals surface area contributed by atoms with Crippen LogP contribution in [0.5, 0.6) is 11.5 Å². The summed E-state index contributed by atoms with van der Waals surface area (Å²) in [6, 6.07) is 16.7. The summed E-state index contributed by atoms with van der Waals surface area (Å²) in [7, 11) is 0. The SMILES string of the molecule is Cc1nocc1C(=O)NC(=S)Nc1cccc(Oc2ccccc2)c1. The van der Waals surface area contributed by atoms with E-state index in [2.05, 4.69) is 15.8 Å². The Morgan fingerprint density at radius 1 is 1.12 bits per heavy atom. The predicted octanol–water partition coefficient (Wildman–Crippen LogP) is 3.90. The van der Waals surface area contributed by atoms with Gasteiger partial charge in [-0.2, -0.15) is 0 Å². The second-order valence-electron chi connectivity index (χ2n) is 5.16. The van der Waals surface area contributed by atoms with Crippen molar-refractivity contribution in [3.05, 3.63) is 72.1 Å². The number of amides is 1. The van der Waals surface area contributed by atoms with E-state index in [1.807, 2.05) is 48.5 Å². The summed E-state index contributed by atoms with van der Waals surface area (Å²) in [6.07, 6.45) is 1.28. The maximum absolute atomic E-state index is 12.1. The highest BCUT2D eigenvalue weighted by Gasteiger charge is 2.14. The average Bonchev–Trinajstić information content (AvgIpc) is 3.02. The fraction of sp³-hybridized carbons (Fsp3) is 0.0556. The largest absolute Gasteiger partial charge is 0.457 e. The Hall–Kier alpha value is -3.19. The summed E-state index contributed by atoms with van der Waals surface area (Å²) in [6.45, 7) is 1.68. The Kier molecular flexibility index (Phi) is 5.06. The number of hydrogen-bond acceptors (Lipinski definition) is 5. The number of hydrogen-bond donors (Lipinski definition) is 2. The lowest BCUT2D eigenvalue weighted by molar-refractivity contribution is 0.0976. The van der Waals surface area contributed by atoms with Crippen molar-refractivity contribution in [2.75, 3.05) is 5.32 Å². The van der Waals surface area contributed by atoms with Crippen LogP contribution in [0.2, 0.25) is 0 Å². The number of para-hydroxylation sites is 1. The summed E-state index contributed by atoms with van der Waals surface area (Å²) in [4.78, 5) is 12.1. The zero-order chi connectivity index (χ0) is 17.6. The first-order valence-electron chi connectivity index (χ1n) is 7.48. The molecule has 0 saturated heterocycles. The Morgan fingerprint density at radius 3 is 2.60 bits per heavy atom. The first-order chi connectivity index (χ1) is 12.1. The van der Waals surface area contributed by atoms with Gasteiger partial charge in [0.2, 0.25) is 0 Å². The van der Waals surface area contributed by atoms with Crippen LogP contribution in [0.4, 0.5) is 5.69 Å². The Labute approximate surface area is 149 Å². The first kappa shape index (κ1) is 16.7. The molecule has 0 spiro atoms. The number of nitrogens with zero attached hydrogens (tertiary/aromatic N) is 1. The van der Waals surface area contributed by atoms with Crippen molar-refractivity contribution in [1.29, 1.82) is 0 Å². The summed E-state index contributed by atoms with van der Waals surface area (Å²) in [5.74, 6) is 1.01. The van der Waals surface area contributed by atoms with Crippen LogP contribution in [-0.4, -0.2) is 16.2 Å². The molecule has 0 bridgehead atoms. The van der Waals surface area contributed by atoms with E-state index in [4.69, 9.17) is 21.5 Å². The van der Waals surface area contributed by atoms with Crippen molar-refractivity contribution >= 4 is 28.9 Å². The van der Waals surface area contributed by atoms with Crippen LogP contribution in [0.15, 0.2) is 65.4 Å². The third-order valence-electron chi connectivity index (χ3n) is 3.29. The summed E-state index contributed by atoms with van der Waals surface area (Å²) < 4.78 is 10.5. The summed E-state index contributed by atoms with van der Waals surface area (Å²) in [5, 5.41) is 9.36. The Bertz CT molecular complexity index is 893. The standard InChI is InChI=1S/C18H15N3O3S/c1-12-16(11-23-21-12)17(22)20-18(25)19-13-6-5-9-15(10-13)24-14-7-3-2-4-8-14/h2-11H,1H3,(H2,19,20,22,25). The maximum atomic E-state index is 12.1. The molecule has 1 heterocycles. The monoisotopic (exact) mass is 353 g/mol. The second kappa shape index (κ2) is 7.59. The molecular weight excluding hydrogens is 338 g/mol. The average molecular weight is 353 g/mol. The van der Waals surface area contributed by atoms with Crippen LogP contribution in [0, 0.1) is 6.92 Å². The molecule has 0 radical (unpaired) electrons. The van der Waals surface area contributed by atoms with E-state index >= 15 is 0 Å². The third-order valence-corrected chi connectivity index (χ3v) is 3.50. The fourth-order valence-electron chi connectivity index (χ4n) is 2.11. The molecule has 0 saturated carbocycles. The van der Waals surface area contributed by atoms with Gasteiger partial charge in [0.15, 0.2) is 5.11 Å². The van der Waals surface area contributed by atoms with Crippen molar-refractivity contribution in [2.24, 2.45) is 0 Å². The number of rotatable bonds is 4. The summed E-state index contributed by atoms with van der Waals surface area (Å²) in [5.41, 5.74) is 1.53. The number of ether oxygens (including phenoxy) is 1. The van der Waals surface area contributed by atoms with Crippen molar-refractivity contribution < 1.29 is 14.1 Å². The Balaban J connectivity index is 1.63. The Morgan fingerprint density at radius 2 is 1.88 bits per heavy atom. The first-order valence-corrected chi connectivity index (χ1v) is 7.89. The van der Waals surface area contributed by atoms with Crippen LogP contribution in [0.1, 0.15) is 16.1 Å². The van der Waals surface area contributed by atoms with E-state index in [1.54, 1.807) is 13.0 Å². The van der Waals surface area contributed by atoms with E-state index in [9.17, 15) is 4.79 Å². The summed E-state index contributed by atoms with van der Waals surface area (Å²) >= 11 is 5.17. The number of nitrogens with one attached hydrogen (secondary N) is 2. The van der Waals surface area contributed by atoms with Gasteiger partial charge in [-0.15, -0.1) is 0 Å². The lowest BCUT2D eigenvalue weighted by atomic mass is 10.2. The van der Waals surface area contributed by atoms with E-state index in [-0.39, 0.29) is 11.0 Å². The van der Waals surface area contributed by atoms with Crippen LogP contribution in [0.25, 0.3) is 0 Å². The quantitative estimate of drug-likeness (QED) is 0.693. The molecule has 3 aromatic rings. The van der Waals surface area contributed by atoms with Crippen molar-refractivity contribution in [3.8, 4) is 11.5 Å². The van der Waals surface area contributed by atoms with Gasteiger partial charge in [-0.3, -0.25) is 10.1 Å². The molecule has 6 nitrogen and oxygen atoms in total. The third kappa shape index (κ3) is 4.42. The molecule has 7 heteroatoms. The van der Waals surface area contributed by atoms with Gasteiger partial charge in [0.1, 0.15) is 23.3 Å². The van der Waals surface area contributed by atoms with Crippen molar-refractivity contribution in [1.82, 2.24) is 10.5 Å². The molecule has 3 rings (SSSR count). The van der Waals surface area contributed by atoms with Crippen LogP contribution >= 0.6 is 12.2 Å². The molecule has 2 aromatic carbocycles. The van der Waals surface area contributed by atoms with Crippen LogP contribution < -0.4 is 15.4 Å². The van der Waals surface area contributed by atoms with E-state index in [0.29, 0.717) is 22.7 Å². The topological polar surface area (TPSA) is 76.4 Å². The molecular formula is C18H15N3O3S. The second-order valence-corrected chi connectivity index (χ2v) is 5.57. The van der Waals surface area contributed by atoms with Gasteiger partial charge in [0.25, 0.3) is 5.91 Å². The molecule has 1 aromatic heterocycles. The highest BCUT2D eigenvalue weighted by atomic mass is 32.1. The number of aromatic nitrogens is 1. The smallest absolute Gasteiger partial charge is 0.262 e. The molecule has 25 heavy (non-hydrogen) atoms. The van der Waals surface area contributed by atoms with E-state index in [0.717, 1.165) is 5.75 Å². The normalized spacial score (nSPS) is 10.1. The molecule has 126 valence electrons. The van der Waals surface area contributed by atoms with E-state index in [1.165, 1.54) is 6.26 Å². The van der Waals surface area contributed by atoms with Gasteiger partial charge in [0, 0.05) is 11.8 Å². The number of carbonyl (C=O) groups excluding carboxylic acids is 1. The zero-order valence-corrected chi connectivity index (χ0v) is 14.2. The lowest BCUT2D eigenvalue weighted by Gasteiger charge is -2.11. The maximum Gasteiger partial charge on any atom is 0.262 e. The number of thiocarbonyl (C=S) groups is 1. The lowest BCUT2D eigenvalue weighted by Crippen LogP contribution is -2.34. The van der Waals surface area contributed by atoms with Gasteiger partial charge < -0.3 is 14.6 Å². The number of aryl methyl sites for hydroxylation is 1. The zero-order valence-electron chi connectivity index (χ0n) is 13.4. The predicted molar refractivity (Wildman–Crippen MR) is 97.9 cm³/mol. The van der Waals surface area contributed by atoms with Crippen molar-refractivity contribution in [3.63, 3.8) is 0 Å². The molecule has 0 unspecified atom stereocenters. The fourth-order valence-corrected chi connectivity index (χ4v) is 2.32. The van der Waals surface area contributed by atoms with Crippen LogP contribution in [0.3, 0.4) is 0 Å². The molecule has 1 amide bonds. The molecule has 0 fully saturated rings. The molecule has 2 N–H and O–H groups in total. The molecule has 0 atom stereocenters. The van der Waals surface area contributed by atoms with E-state index < -0.39 is 0 Å². The molecule has 0 aliphatic rings. The molecule has 0 aliphatic heterocycles.